The number of rotatable bonds is 3. The van der Waals surface area contributed by atoms with Gasteiger partial charge in [-0.3, -0.25) is 0 Å². The largest absolute Gasteiger partial charge is 0.397 e. The van der Waals surface area contributed by atoms with Crippen LogP contribution in [0.3, 0.4) is 0 Å². The van der Waals surface area contributed by atoms with E-state index in [-0.39, 0.29) is 23.5 Å². The highest BCUT2D eigenvalue weighted by molar-refractivity contribution is 5.47. The van der Waals surface area contributed by atoms with Crippen LogP contribution in [0, 0.1) is 0 Å². The minimum Gasteiger partial charge on any atom is -0.397 e. The second-order valence-corrected chi connectivity index (χ2v) is 2.73. The van der Waals surface area contributed by atoms with E-state index in [0.29, 0.717) is 0 Å². The molecule has 0 saturated carbocycles. The molecular formula is C8H11F2N3O. The lowest BCUT2D eigenvalue weighted by Gasteiger charge is -2.10. The van der Waals surface area contributed by atoms with Gasteiger partial charge in [-0.25, -0.2) is 13.8 Å². The van der Waals surface area contributed by atoms with Crippen molar-refractivity contribution in [1.82, 2.24) is 4.98 Å². The van der Waals surface area contributed by atoms with Crippen LogP contribution in [0.4, 0.5) is 14.5 Å². The standard InChI is InChI=1S/C8H11F2N3O/c9-8(10)7-4(2-11)1-5(12)6(3-14)13-7/h1,8,14H,2-3,11-12H2. The van der Waals surface area contributed by atoms with Crippen LogP contribution >= 0.6 is 0 Å². The van der Waals surface area contributed by atoms with E-state index in [1.807, 2.05) is 0 Å². The normalized spacial score (nSPS) is 10.9. The third-order valence-corrected chi connectivity index (χ3v) is 1.82. The average molecular weight is 203 g/mol. The molecule has 0 bridgehead atoms. The third-order valence-electron chi connectivity index (χ3n) is 1.82. The van der Waals surface area contributed by atoms with Gasteiger partial charge in [-0.15, -0.1) is 0 Å². The smallest absolute Gasteiger partial charge is 0.280 e. The molecule has 1 rings (SSSR count). The summed E-state index contributed by atoms with van der Waals surface area (Å²) in [6.07, 6.45) is -2.71. The molecule has 0 radical (unpaired) electrons. The lowest BCUT2D eigenvalue weighted by atomic mass is 10.1. The summed E-state index contributed by atoms with van der Waals surface area (Å²) in [6, 6.07) is 1.32. The number of anilines is 1. The molecule has 0 saturated heterocycles. The Morgan fingerprint density at radius 3 is 2.57 bits per heavy atom. The summed E-state index contributed by atoms with van der Waals surface area (Å²) in [5.41, 5.74) is 10.7. The van der Waals surface area contributed by atoms with E-state index in [4.69, 9.17) is 16.6 Å². The van der Waals surface area contributed by atoms with Gasteiger partial charge in [0.15, 0.2) is 0 Å². The van der Waals surface area contributed by atoms with Gasteiger partial charge in [0, 0.05) is 6.54 Å². The summed E-state index contributed by atoms with van der Waals surface area (Å²) in [5.74, 6) is 0. The van der Waals surface area contributed by atoms with Gasteiger partial charge in [-0.2, -0.15) is 0 Å². The number of hydrogen-bond donors (Lipinski definition) is 3. The summed E-state index contributed by atoms with van der Waals surface area (Å²) in [6.45, 7) is -0.515. The number of pyridine rings is 1. The number of aromatic nitrogens is 1. The number of hydrogen-bond acceptors (Lipinski definition) is 4. The number of nitrogens with zero attached hydrogens (tertiary/aromatic N) is 1. The first-order chi connectivity index (χ1) is 6.60. The molecule has 0 unspecified atom stereocenters. The number of aliphatic hydroxyl groups is 1. The Kier molecular flexibility index (Phi) is 3.32. The molecule has 1 aromatic heterocycles. The molecule has 1 heterocycles. The Balaban J connectivity index is 3.25. The number of nitrogen functional groups attached to an aromatic ring is 1. The second kappa shape index (κ2) is 4.30. The first kappa shape index (κ1) is 10.8. The van der Waals surface area contributed by atoms with E-state index in [1.54, 1.807) is 0 Å². The molecule has 5 N–H and O–H groups in total. The first-order valence-corrected chi connectivity index (χ1v) is 3.97. The fourth-order valence-corrected chi connectivity index (χ4v) is 1.11. The van der Waals surface area contributed by atoms with Gasteiger partial charge in [-0.05, 0) is 11.6 Å². The highest BCUT2D eigenvalue weighted by atomic mass is 19.3. The SMILES string of the molecule is NCc1cc(N)c(CO)nc1C(F)F. The zero-order valence-electron chi connectivity index (χ0n) is 7.37. The zero-order chi connectivity index (χ0) is 10.7. The van der Waals surface area contributed by atoms with Crippen molar-refractivity contribution in [2.45, 2.75) is 19.6 Å². The fraction of sp³-hybridized carbons (Fsp3) is 0.375. The molecule has 0 aliphatic carbocycles. The molecule has 78 valence electrons. The molecule has 4 nitrogen and oxygen atoms in total. The number of alkyl halides is 2. The Bertz CT molecular complexity index is 331. The van der Waals surface area contributed by atoms with Crippen LogP contribution in [-0.2, 0) is 13.2 Å². The molecule has 1 aromatic rings. The fourth-order valence-electron chi connectivity index (χ4n) is 1.11. The number of halogens is 2. The monoisotopic (exact) mass is 203 g/mol. The van der Waals surface area contributed by atoms with Crippen molar-refractivity contribution in [2.75, 3.05) is 5.73 Å². The molecule has 0 aliphatic heterocycles. The van der Waals surface area contributed by atoms with Crippen molar-refractivity contribution in [3.63, 3.8) is 0 Å². The molecule has 0 atom stereocenters. The van der Waals surface area contributed by atoms with Gasteiger partial charge in [-0.1, -0.05) is 0 Å². The van der Waals surface area contributed by atoms with Crippen LogP contribution in [-0.4, -0.2) is 10.1 Å². The number of nitrogens with two attached hydrogens (primary N) is 2. The molecule has 14 heavy (non-hydrogen) atoms. The minimum absolute atomic E-state index is 0.0530. The maximum atomic E-state index is 12.4. The third kappa shape index (κ3) is 1.97. The van der Waals surface area contributed by atoms with Crippen LogP contribution in [0.15, 0.2) is 6.07 Å². The van der Waals surface area contributed by atoms with Crippen molar-refractivity contribution in [3.05, 3.63) is 23.0 Å². The molecule has 0 amide bonds. The van der Waals surface area contributed by atoms with Gasteiger partial charge in [0.05, 0.1) is 18.0 Å². The van der Waals surface area contributed by atoms with Crippen LogP contribution in [0.25, 0.3) is 0 Å². The van der Waals surface area contributed by atoms with E-state index in [1.165, 1.54) is 6.07 Å². The summed E-state index contributed by atoms with van der Waals surface area (Å²) in [7, 11) is 0. The zero-order valence-corrected chi connectivity index (χ0v) is 7.37. The van der Waals surface area contributed by atoms with Gasteiger partial charge in [0.2, 0.25) is 0 Å². The summed E-state index contributed by atoms with van der Waals surface area (Å²) >= 11 is 0. The maximum absolute atomic E-state index is 12.4. The van der Waals surface area contributed by atoms with E-state index in [9.17, 15) is 8.78 Å². The molecular weight excluding hydrogens is 192 g/mol. The highest BCUT2D eigenvalue weighted by Crippen LogP contribution is 2.24. The van der Waals surface area contributed by atoms with Crippen LogP contribution in [0.5, 0.6) is 0 Å². The summed E-state index contributed by atoms with van der Waals surface area (Å²) < 4.78 is 24.8. The molecule has 0 aliphatic rings. The maximum Gasteiger partial charge on any atom is 0.280 e. The number of aliphatic hydroxyl groups excluding tert-OH is 1. The topological polar surface area (TPSA) is 85.2 Å². The molecule has 0 aromatic carbocycles. The van der Waals surface area contributed by atoms with E-state index < -0.39 is 18.7 Å². The van der Waals surface area contributed by atoms with Gasteiger partial charge in [0.25, 0.3) is 6.43 Å². The quantitative estimate of drug-likeness (QED) is 0.669. The van der Waals surface area contributed by atoms with Gasteiger partial charge >= 0.3 is 0 Å². The first-order valence-electron chi connectivity index (χ1n) is 3.97. The molecule has 6 heteroatoms. The van der Waals surface area contributed by atoms with Crippen molar-refractivity contribution in [1.29, 1.82) is 0 Å². The Morgan fingerprint density at radius 1 is 1.50 bits per heavy atom. The van der Waals surface area contributed by atoms with Crippen LogP contribution < -0.4 is 11.5 Å². The van der Waals surface area contributed by atoms with Crippen LogP contribution in [0.1, 0.15) is 23.4 Å². The van der Waals surface area contributed by atoms with Crippen molar-refractivity contribution < 1.29 is 13.9 Å². The molecule has 0 fully saturated rings. The average Bonchev–Trinajstić information content (AvgIpc) is 2.16. The van der Waals surface area contributed by atoms with E-state index in [2.05, 4.69) is 4.98 Å². The minimum atomic E-state index is -2.71. The highest BCUT2D eigenvalue weighted by Gasteiger charge is 2.16. The Morgan fingerprint density at radius 2 is 2.14 bits per heavy atom. The lowest BCUT2D eigenvalue weighted by Crippen LogP contribution is -2.09. The lowest BCUT2D eigenvalue weighted by molar-refractivity contribution is 0.144. The van der Waals surface area contributed by atoms with E-state index >= 15 is 0 Å². The summed E-state index contributed by atoms with van der Waals surface area (Å²) in [5, 5.41) is 8.77. The predicted octanol–water partition coefficient (Wildman–Crippen LogP) is 0.552. The Hall–Kier alpha value is -1.27. The Labute approximate surface area is 79.6 Å². The van der Waals surface area contributed by atoms with Crippen molar-refractivity contribution in [2.24, 2.45) is 5.73 Å². The van der Waals surface area contributed by atoms with Crippen molar-refractivity contribution in [3.8, 4) is 0 Å². The summed E-state index contributed by atoms with van der Waals surface area (Å²) in [4.78, 5) is 3.56. The van der Waals surface area contributed by atoms with Crippen LogP contribution in [0.2, 0.25) is 0 Å². The second-order valence-electron chi connectivity index (χ2n) is 2.73. The van der Waals surface area contributed by atoms with Gasteiger partial charge < -0.3 is 16.6 Å². The van der Waals surface area contributed by atoms with E-state index in [0.717, 1.165) is 0 Å². The van der Waals surface area contributed by atoms with Gasteiger partial charge in [0.1, 0.15) is 5.69 Å². The molecule has 0 spiro atoms. The predicted molar refractivity (Wildman–Crippen MR) is 47.4 cm³/mol. The van der Waals surface area contributed by atoms with Crippen molar-refractivity contribution >= 4 is 5.69 Å².